The zero-order chi connectivity index (χ0) is 20.0. The lowest BCUT2D eigenvalue weighted by Gasteiger charge is -2.19. The minimum Gasteiger partial charge on any atom is -0.342 e. The maximum absolute atomic E-state index is 13.0. The van der Waals surface area contributed by atoms with Crippen molar-refractivity contribution >= 4 is 17.6 Å². The SMILES string of the molecule is O=C1CCc2c(C(=O)N3CCC(c4cc(=O)[nH]c(N5CCCC5)n4)C3)n[nH]c2C1. The number of rotatable bonds is 3. The molecule has 0 bridgehead atoms. The Kier molecular flexibility index (Phi) is 4.44. The molecule has 4 heterocycles. The summed E-state index contributed by atoms with van der Waals surface area (Å²) in [7, 11) is 0. The van der Waals surface area contributed by atoms with Crippen molar-refractivity contribution in [2.75, 3.05) is 31.1 Å². The maximum atomic E-state index is 13.0. The van der Waals surface area contributed by atoms with Gasteiger partial charge in [0.25, 0.3) is 11.5 Å². The monoisotopic (exact) mass is 396 g/mol. The number of hydrogen-bond acceptors (Lipinski definition) is 6. The van der Waals surface area contributed by atoms with E-state index in [2.05, 4.69) is 20.1 Å². The molecule has 2 aromatic heterocycles. The molecule has 5 rings (SSSR count). The molecule has 152 valence electrons. The Bertz CT molecular complexity index is 1020. The van der Waals surface area contributed by atoms with Gasteiger partial charge in [-0.15, -0.1) is 0 Å². The van der Waals surface area contributed by atoms with Crippen LogP contribution < -0.4 is 10.5 Å². The van der Waals surface area contributed by atoms with Crippen LogP contribution in [-0.2, 0) is 17.6 Å². The number of aromatic amines is 2. The first-order valence-corrected chi connectivity index (χ1v) is 10.3. The summed E-state index contributed by atoms with van der Waals surface area (Å²) in [6.45, 7) is 2.95. The number of likely N-dealkylation sites (tertiary alicyclic amines) is 1. The molecule has 9 heteroatoms. The number of carbonyl (C=O) groups is 2. The third-order valence-corrected chi connectivity index (χ3v) is 6.23. The van der Waals surface area contributed by atoms with E-state index in [9.17, 15) is 14.4 Å². The Labute approximate surface area is 167 Å². The summed E-state index contributed by atoms with van der Waals surface area (Å²) in [5.74, 6) is 0.749. The van der Waals surface area contributed by atoms with Gasteiger partial charge in [0.2, 0.25) is 5.95 Å². The highest BCUT2D eigenvalue weighted by Gasteiger charge is 2.33. The van der Waals surface area contributed by atoms with E-state index < -0.39 is 0 Å². The van der Waals surface area contributed by atoms with Gasteiger partial charge >= 0.3 is 0 Å². The lowest BCUT2D eigenvalue weighted by Crippen LogP contribution is -2.30. The standard InChI is InChI=1S/C20H24N6O3/c27-13-3-4-14-16(9-13)23-24-18(14)19(29)26-8-5-12(11-26)15-10-17(28)22-20(21-15)25-6-1-2-7-25/h10,12H,1-9,11H2,(H,23,24)(H,21,22,28). The number of carbonyl (C=O) groups excluding carboxylic acids is 2. The van der Waals surface area contributed by atoms with Gasteiger partial charge in [0.1, 0.15) is 5.78 Å². The van der Waals surface area contributed by atoms with Gasteiger partial charge in [-0.3, -0.25) is 24.5 Å². The van der Waals surface area contributed by atoms with Crippen molar-refractivity contribution in [2.24, 2.45) is 0 Å². The summed E-state index contributed by atoms with van der Waals surface area (Å²) in [6.07, 6.45) is 4.35. The van der Waals surface area contributed by atoms with Crippen LogP contribution in [0.4, 0.5) is 5.95 Å². The van der Waals surface area contributed by atoms with Gasteiger partial charge in [-0.2, -0.15) is 5.10 Å². The van der Waals surface area contributed by atoms with Gasteiger partial charge in [-0.05, 0) is 25.7 Å². The lowest BCUT2D eigenvalue weighted by molar-refractivity contribution is -0.118. The van der Waals surface area contributed by atoms with E-state index in [0.29, 0.717) is 44.0 Å². The van der Waals surface area contributed by atoms with Gasteiger partial charge in [0, 0.05) is 62.3 Å². The van der Waals surface area contributed by atoms with Crippen molar-refractivity contribution in [3.8, 4) is 0 Å². The zero-order valence-electron chi connectivity index (χ0n) is 16.2. The molecule has 2 fully saturated rings. The molecule has 1 unspecified atom stereocenters. The number of H-pyrrole nitrogens is 2. The van der Waals surface area contributed by atoms with Crippen LogP contribution in [0.2, 0.25) is 0 Å². The second-order valence-corrected chi connectivity index (χ2v) is 8.17. The second-order valence-electron chi connectivity index (χ2n) is 8.17. The van der Waals surface area contributed by atoms with E-state index in [1.54, 1.807) is 11.0 Å². The molecule has 0 aromatic carbocycles. The minimum atomic E-state index is -0.146. The van der Waals surface area contributed by atoms with E-state index in [0.717, 1.165) is 49.3 Å². The van der Waals surface area contributed by atoms with Crippen LogP contribution in [0, 0.1) is 0 Å². The number of anilines is 1. The predicted octanol–water partition coefficient (Wildman–Crippen LogP) is 0.781. The normalized spacial score (nSPS) is 21.7. The molecule has 2 aromatic rings. The van der Waals surface area contributed by atoms with Crippen molar-refractivity contribution in [2.45, 2.75) is 44.4 Å². The number of ketones is 1. The third kappa shape index (κ3) is 3.34. The van der Waals surface area contributed by atoms with E-state index in [-0.39, 0.29) is 23.2 Å². The lowest BCUT2D eigenvalue weighted by atomic mass is 9.94. The highest BCUT2D eigenvalue weighted by atomic mass is 16.2. The maximum Gasteiger partial charge on any atom is 0.274 e. The molecular weight excluding hydrogens is 372 g/mol. The Morgan fingerprint density at radius 1 is 1.14 bits per heavy atom. The summed E-state index contributed by atoms with van der Waals surface area (Å²) in [5, 5.41) is 7.08. The summed E-state index contributed by atoms with van der Waals surface area (Å²) in [6, 6.07) is 1.56. The average molecular weight is 396 g/mol. The van der Waals surface area contributed by atoms with Gasteiger partial charge in [0.15, 0.2) is 5.69 Å². The summed E-state index contributed by atoms with van der Waals surface area (Å²) < 4.78 is 0. The largest absolute Gasteiger partial charge is 0.342 e. The van der Waals surface area contributed by atoms with Crippen molar-refractivity contribution in [1.82, 2.24) is 25.1 Å². The second kappa shape index (κ2) is 7.13. The van der Waals surface area contributed by atoms with Crippen molar-refractivity contribution in [3.63, 3.8) is 0 Å². The Hall–Kier alpha value is -2.97. The zero-order valence-corrected chi connectivity index (χ0v) is 16.2. The summed E-state index contributed by atoms with van der Waals surface area (Å²) in [4.78, 5) is 48.3. The van der Waals surface area contributed by atoms with Gasteiger partial charge in [0.05, 0.1) is 5.69 Å². The van der Waals surface area contributed by atoms with Crippen LogP contribution in [0.25, 0.3) is 0 Å². The molecule has 1 aliphatic carbocycles. The molecule has 29 heavy (non-hydrogen) atoms. The van der Waals surface area contributed by atoms with Gasteiger partial charge in [-0.1, -0.05) is 0 Å². The first-order valence-electron chi connectivity index (χ1n) is 10.3. The molecule has 9 nitrogen and oxygen atoms in total. The van der Waals surface area contributed by atoms with E-state index in [1.165, 1.54) is 0 Å². The van der Waals surface area contributed by atoms with E-state index in [4.69, 9.17) is 4.98 Å². The number of Topliss-reactive ketones (excluding diaryl/α,β-unsaturated/α-hetero) is 1. The number of aromatic nitrogens is 4. The molecule has 3 aliphatic rings. The van der Waals surface area contributed by atoms with Crippen LogP contribution in [0.3, 0.4) is 0 Å². The minimum absolute atomic E-state index is 0.0407. The quantitative estimate of drug-likeness (QED) is 0.792. The molecule has 1 atom stereocenters. The fourth-order valence-corrected chi connectivity index (χ4v) is 4.63. The van der Waals surface area contributed by atoms with E-state index in [1.807, 2.05) is 0 Å². The van der Waals surface area contributed by atoms with Crippen LogP contribution in [0.5, 0.6) is 0 Å². The highest BCUT2D eigenvalue weighted by molar-refractivity contribution is 5.95. The van der Waals surface area contributed by atoms with Crippen molar-refractivity contribution in [1.29, 1.82) is 0 Å². The number of nitrogens with zero attached hydrogens (tertiary/aromatic N) is 4. The molecule has 0 saturated carbocycles. The molecule has 2 aliphatic heterocycles. The van der Waals surface area contributed by atoms with Crippen molar-refractivity contribution < 1.29 is 9.59 Å². The van der Waals surface area contributed by atoms with Crippen LogP contribution in [0.15, 0.2) is 10.9 Å². The molecule has 2 saturated heterocycles. The third-order valence-electron chi connectivity index (χ3n) is 6.23. The van der Waals surface area contributed by atoms with Crippen molar-refractivity contribution in [3.05, 3.63) is 39.1 Å². The highest BCUT2D eigenvalue weighted by Crippen LogP contribution is 2.29. The number of hydrogen-bond donors (Lipinski definition) is 2. The first kappa shape index (κ1) is 18.1. The smallest absolute Gasteiger partial charge is 0.274 e. The van der Waals surface area contributed by atoms with Crippen LogP contribution in [0.1, 0.15) is 59.0 Å². The Morgan fingerprint density at radius 3 is 2.79 bits per heavy atom. The fraction of sp³-hybridized carbons (Fsp3) is 0.550. The Balaban J connectivity index is 1.34. The summed E-state index contributed by atoms with van der Waals surface area (Å²) >= 11 is 0. The molecule has 1 amide bonds. The fourth-order valence-electron chi connectivity index (χ4n) is 4.63. The van der Waals surface area contributed by atoms with E-state index >= 15 is 0 Å². The predicted molar refractivity (Wildman–Crippen MR) is 105 cm³/mol. The molecular formula is C20H24N6O3. The number of fused-ring (bicyclic) bond motifs is 1. The first-order chi connectivity index (χ1) is 14.1. The molecule has 0 radical (unpaired) electrons. The van der Waals surface area contributed by atoms with Crippen LogP contribution >= 0.6 is 0 Å². The number of nitrogens with one attached hydrogen (secondary N) is 2. The molecule has 0 spiro atoms. The Morgan fingerprint density at radius 2 is 1.97 bits per heavy atom. The van der Waals surface area contributed by atoms with Gasteiger partial charge < -0.3 is 9.80 Å². The summed E-state index contributed by atoms with van der Waals surface area (Å²) in [5.41, 5.74) is 2.69. The van der Waals surface area contributed by atoms with Gasteiger partial charge in [-0.25, -0.2) is 4.98 Å². The average Bonchev–Trinajstić information content (AvgIpc) is 3.46. The number of amides is 1. The molecule has 2 N–H and O–H groups in total. The van der Waals surface area contributed by atoms with Crippen LogP contribution in [-0.4, -0.2) is 62.9 Å². The topological polar surface area (TPSA) is 115 Å².